The van der Waals surface area contributed by atoms with Crippen LogP contribution in [0.25, 0.3) is 0 Å². The molecule has 0 saturated carbocycles. The van der Waals surface area contributed by atoms with Crippen molar-refractivity contribution in [3.05, 3.63) is 35.1 Å². The van der Waals surface area contributed by atoms with Gasteiger partial charge in [-0.05, 0) is 30.7 Å². The van der Waals surface area contributed by atoms with Crippen LogP contribution in [0, 0.1) is 11.3 Å². The lowest BCUT2D eigenvalue weighted by atomic mass is 9.84. The number of ether oxygens (including phenoxy) is 1. The lowest BCUT2D eigenvalue weighted by Crippen LogP contribution is -2.44. The van der Waals surface area contributed by atoms with Crippen molar-refractivity contribution in [1.29, 1.82) is 0 Å². The summed E-state index contributed by atoms with van der Waals surface area (Å²) < 4.78 is 35.0. The van der Waals surface area contributed by atoms with Gasteiger partial charge in [0.25, 0.3) is 15.9 Å². The number of fused-ring (bicyclic) bond motifs is 1. The maximum absolute atomic E-state index is 13.4. The van der Waals surface area contributed by atoms with Crippen LogP contribution in [0.15, 0.2) is 38.8 Å². The molecule has 30 heavy (non-hydrogen) atoms. The molecule has 0 aromatic heterocycles. The third-order valence-corrected chi connectivity index (χ3v) is 6.67. The van der Waals surface area contributed by atoms with Crippen molar-refractivity contribution in [3.63, 3.8) is 0 Å². The number of nitrogens with zero attached hydrogens (tertiary/aromatic N) is 2. The topological polar surface area (TPSA) is 96.3 Å². The van der Waals surface area contributed by atoms with Gasteiger partial charge in [0.1, 0.15) is 27.7 Å². The number of sulfonamides is 1. The molecule has 1 aromatic carbocycles. The fourth-order valence-corrected chi connectivity index (χ4v) is 5.36. The highest BCUT2D eigenvalue weighted by atomic mass is 32.2. The molecule has 2 aliphatic rings. The molecule has 0 bridgehead atoms. The van der Waals surface area contributed by atoms with E-state index in [1.165, 1.54) is 0 Å². The van der Waals surface area contributed by atoms with Crippen molar-refractivity contribution < 1.29 is 23.1 Å². The van der Waals surface area contributed by atoms with Gasteiger partial charge in [-0.15, -0.1) is 0 Å². The van der Waals surface area contributed by atoms with Gasteiger partial charge in [-0.2, -0.15) is 12.8 Å². The van der Waals surface area contributed by atoms with Crippen LogP contribution in [0.1, 0.15) is 53.5 Å². The molecule has 2 aliphatic heterocycles. The van der Waals surface area contributed by atoms with Gasteiger partial charge in [0, 0.05) is 12.1 Å². The van der Waals surface area contributed by atoms with Crippen LogP contribution in [-0.2, 0) is 14.8 Å². The monoisotopic (exact) mass is 434 g/mol. The minimum Gasteiger partial charge on any atom is -0.509 e. The molecule has 164 valence electrons. The minimum atomic E-state index is -4.04. The fourth-order valence-electron chi connectivity index (χ4n) is 4.02. The SMILES string of the molecule is CCOc1cccc2c1S(=O)(=O)N=C2C1=C(O)[C@H](C(C)(C)C)N(CCC(C)C)C1=O. The number of hydrogen-bond acceptors (Lipinski definition) is 5. The summed E-state index contributed by atoms with van der Waals surface area (Å²) in [6.07, 6.45) is 0.773. The van der Waals surface area contributed by atoms with Crippen molar-refractivity contribution in [2.75, 3.05) is 13.2 Å². The number of amides is 1. The molecule has 1 atom stereocenters. The van der Waals surface area contributed by atoms with E-state index < -0.39 is 27.4 Å². The Kier molecular flexibility index (Phi) is 5.75. The van der Waals surface area contributed by atoms with Crippen LogP contribution in [0.2, 0.25) is 0 Å². The molecule has 0 fully saturated rings. The number of carbonyl (C=O) groups excluding carboxylic acids is 1. The summed E-state index contributed by atoms with van der Waals surface area (Å²) >= 11 is 0. The lowest BCUT2D eigenvalue weighted by molar-refractivity contribution is -0.128. The largest absolute Gasteiger partial charge is 0.509 e. The molecule has 1 N–H and O–H groups in total. The molecule has 0 aliphatic carbocycles. The molecule has 8 heteroatoms. The molecular weight excluding hydrogens is 404 g/mol. The van der Waals surface area contributed by atoms with Crippen LogP contribution in [0.5, 0.6) is 5.75 Å². The zero-order valence-electron chi connectivity index (χ0n) is 18.4. The molecule has 7 nitrogen and oxygen atoms in total. The molecule has 1 aromatic rings. The van der Waals surface area contributed by atoms with E-state index >= 15 is 0 Å². The van der Waals surface area contributed by atoms with E-state index in [0.717, 1.165) is 6.42 Å². The average Bonchev–Trinajstić information content (AvgIpc) is 3.03. The second kappa shape index (κ2) is 7.72. The van der Waals surface area contributed by atoms with E-state index in [-0.39, 0.29) is 33.3 Å². The summed E-state index contributed by atoms with van der Waals surface area (Å²) in [5.41, 5.74) is -0.189. The number of hydrogen-bond donors (Lipinski definition) is 1. The van der Waals surface area contributed by atoms with Crippen LogP contribution >= 0.6 is 0 Å². The number of rotatable bonds is 6. The van der Waals surface area contributed by atoms with E-state index in [1.807, 2.05) is 20.8 Å². The first-order valence-electron chi connectivity index (χ1n) is 10.3. The van der Waals surface area contributed by atoms with Crippen LogP contribution in [-0.4, -0.2) is 49.2 Å². The van der Waals surface area contributed by atoms with Gasteiger partial charge < -0.3 is 14.7 Å². The molecule has 3 rings (SSSR count). The quantitative estimate of drug-likeness (QED) is 0.737. The highest BCUT2D eigenvalue weighted by molar-refractivity contribution is 7.91. The van der Waals surface area contributed by atoms with Crippen molar-refractivity contribution in [3.8, 4) is 5.75 Å². The van der Waals surface area contributed by atoms with E-state index in [4.69, 9.17) is 4.74 Å². The van der Waals surface area contributed by atoms with Gasteiger partial charge in [0.05, 0.1) is 12.6 Å². The first-order valence-corrected chi connectivity index (χ1v) is 11.7. The Bertz CT molecular complexity index is 1030. The molecule has 2 heterocycles. The van der Waals surface area contributed by atoms with E-state index in [9.17, 15) is 18.3 Å². The molecule has 1 amide bonds. The van der Waals surface area contributed by atoms with Gasteiger partial charge >= 0.3 is 0 Å². The maximum Gasteiger partial charge on any atom is 0.287 e. The summed E-state index contributed by atoms with van der Waals surface area (Å²) in [5, 5.41) is 11.1. The van der Waals surface area contributed by atoms with Gasteiger partial charge in [0.2, 0.25) is 0 Å². The number of aliphatic hydroxyl groups is 1. The van der Waals surface area contributed by atoms with Crippen LogP contribution < -0.4 is 4.74 Å². The third kappa shape index (κ3) is 3.73. The first-order chi connectivity index (χ1) is 13.9. The highest BCUT2D eigenvalue weighted by Gasteiger charge is 2.49. The second-order valence-corrected chi connectivity index (χ2v) is 10.7. The van der Waals surface area contributed by atoms with Crippen LogP contribution in [0.3, 0.4) is 0 Å². The van der Waals surface area contributed by atoms with Crippen molar-refractivity contribution >= 4 is 21.6 Å². The van der Waals surface area contributed by atoms with Crippen molar-refractivity contribution in [1.82, 2.24) is 4.90 Å². The Morgan fingerprint density at radius 3 is 2.50 bits per heavy atom. The van der Waals surface area contributed by atoms with Gasteiger partial charge in [-0.3, -0.25) is 4.79 Å². The third-order valence-electron chi connectivity index (χ3n) is 5.31. The minimum absolute atomic E-state index is 0.00431. The number of benzene rings is 1. The maximum atomic E-state index is 13.4. The molecule has 0 spiro atoms. The van der Waals surface area contributed by atoms with Gasteiger partial charge in [0.15, 0.2) is 0 Å². The molecule has 0 unspecified atom stereocenters. The van der Waals surface area contributed by atoms with Crippen molar-refractivity contribution in [2.24, 2.45) is 15.7 Å². The van der Waals surface area contributed by atoms with Crippen LogP contribution in [0.4, 0.5) is 0 Å². The smallest absolute Gasteiger partial charge is 0.287 e. The zero-order valence-corrected chi connectivity index (χ0v) is 19.2. The molecule has 0 radical (unpaired) electrons. The normalized spacial score (nSPS) is 20.8. The zero-order chi connectivity index (χ0) is 22.4. The first kappa shape index (κ1) is 22.3. The molecule has 0 saturated heterocycles. The Morgan fingerprint density at radius 1 is 1.27 bits per heavy atom. The fraction of sp³-hybridized carbons (Fsp3) is 0.545. The van der Waals surface area contributed by atoms with E-state index in [2.05, 4.69) is 18.2 Å². The van der Waals surface area contributed by atoms with Crippen molar-refractivity contribution in [2.45, 2.75) is 58.9 Å². The summed E-state index contributed by atoms with van der Waals surface area (Å²) in [7, 11) is -4.04. The van der Waals surface area contributed by atoms with E-state index in [1.54, 1.807) is 30.0 Å². The summed E-state index contributed by atoms with van der Waals surface area (Å²) in [5.74, 6) is 0.0585. The van der Waals surface area contributed by atoms with Gasteiger partial charge in [-0.25, -0.2) is 0 Å². The highest BCUT2D eigenvalue weighted by Crippen LogP contribution is 2.42. The number of carbonyl (C=O) groups is 1. The predicted molar refractivity (Wildman–Crippen MR) is 115 cm³/mol. The summed E-state index contributed by atoms with van der Waals surface area (Å²) in [6.45, 7) is 12.5. The molecular formula is C22H30N2O5S. The van der Waals surface area contributed by atoms with E-state index in [0.29, 0.717) is 19.1 Å². The summed E-state index contributed by atoms with van der Waals surface area (Å²) in [6, 6.07) is 4.27. The summed E-state index contributed by atoms with van der Waals surface area (Å²) in [4.78, 5) is 15.0. The van der Waals surface area contributed by atoms with Gasteiger partial charge in [-0.1, -0.05) is 46.8 Å². The second-order valence-electron chi connectivity index (χ2n) is 9.19. The number of aliphatic hydroxyl groups excluding tert-OH is 1. The average molecular weight is 435 g/mol. The lowest BCUT2D eigenvalue weighted by Gasteiger charge is -2.35. The Labute approximate surface area is 178 Å². The Hall–Kier alpha value is -2.35. The predicted octanol–water partition coefficient (Wildman–Crippen LogP) is 3.69. The Morgan fingerprint density at radius 2 is 1.93 bits per heavy atom. The Balaban J connectivity index is 2.15. The standard InChI is InChI=1S/C22H30N2O5S/c1-7-29-15-10-8-9-14-17(23-30(27,28)19(14)15)16-18(25)20(22(4,5)6)24(21(16)26)12-11-13(2)3/h8-10,13,20,25H,7,11-12H2,1-6H3/t20-/m1/s1.